The molecule has 17 heteroatoms. The number of nitrogens with one attached hydrogen (secondary N) is 4. The number of methoxy groups -OCH3 is 2. The molecule has 62 heavy (non-hydrogen) atoms. The van der Waals surface area contributed by atoms with Crippen molar-refractivity contribution in [2.75, 3.05) is 27.3 Å². The highest BCUT2D eigenvalue weighted by Crippen LogP contribution is 2.37. The number of aromatic nitrogens is 6. The second-order valence-corrected chi connectivity index (χ2v) is 16.2. The van der Waals surface area contributed by atoms with Crippen LogP contribution in [0.3, 0.4) is 0 Å². The first-order chi connectivity index (χ1) is 30.3. The number of thiazole rings is 1. The number of carbonyl (C=O) groups is 4. The normalized spacial score (nSPS) is 17.2. The van der Waals surface area contributed by atoms with Crippen molar-refractivity contribution in [3.63, 3.8) is 0 Å². The first-order valence-corrected chi connectivity index (χ1v) is 21.2. The molecular weight excluding hydrogens is 809 g/mol. The predicted molar refractivity (Wildman–Crippen MR) is 230 cm³/mol. The lowest BCUT2D eigenvalue weighted by Gasteiger charge is -2.28. The summed E-state index contributed by atoms with van der Waals surface area (Å²) in [6, 6.07) is 24.1. The molecule has 0 aliphatic carbocycles. The number of imidazole rings is 3. The Bertz CT molecular complexity index is 2680. The van der Waals surface area contributed by atoms with E-state index in [1.807, 2.05) is 102 Å². The van der Waals surface area contributed by atoms with E-state index in [2.05, 4.69) is 20.6 Å². The van der Waals surface area contributed by atoms with Gasteiger partial charge in [-0.05, 0) is 42.4 Å². The third-order valence-corrected chi connectivity index (χ3v) is 12.5. The lowest BCUT2D eigenvalue weighted by atomic mass is 10.1. The maximum absolute atomic E-state index is 13.9. The Morgan fingerprint density at radius 1 is 0.677 bits per heavy atom. The molecule has 0 spiro atoms. The number of H-pyrrole nitrogens is 2. The molecule has 2 fully saturated rings. The summed E-state index contributed by atoms with van der Waals surface area (Å²) in [7, 11) is 2.55. The zero-order chi connectivity index (χ0) is 42.7. The van der Waals surface area contributed by atoms with Gasteiger partial charge in [0.2, 0.25) is 0 Å². The zero-order valence-electron chi connectivity index (χ0n) is 34.0. The van der Waals surface area contributed by atoms with Gasteiger partial charge in [-0.2, -0.15) is 0 Å². The number of carbonyl (C=O) groups excluding carboxylic acids is 4. The molecule has 4 amide bonds. The maximum atomic E-state index is 13.9. The Hall–Kier alpha value is -7.27. The second-order valence-electron chi connectivity index (χ2n) is 15.2. The lowest BCUT2D eigenvalue weighted by molar-refractivity contribution is -0.135. The highest BCUT2D eigenvalue weighted by atomic mass is 32.1. The van der Waals surface area contributed by atoms with Gasteiger partial charge in [0.1, 0.15) is 23.7 Å². The standard InChI is InChI=1S/C45H44N10O6S/c1-60-44(58)51-37(29-11-5-3-6-12-29)41(56)54-21-9-15-34(54)39-46-23-31(48-39)27-17-19-28(20-18-27)33-25-53-26-36(62-43(53)50-33)32-24-47-40(49-32)35-16-10-22-55(35)42(57)38(52-45(59)61-2)30-13-7-4-8-14-30/h3-8,11-14,17-20,23-26,34-35,37-38H,9-10,15-16,21-22H2,1-2H3,(H,46,48)(H,47,49)(H,51,58)(H,52,59). The first kappa shape index (κ1) is 40.2. The lowest BCUT2D eigenvalue weighted by Crippen LogP contribution is -2.42. The van der Waals surface area contributed by atoms with Crippen molar-refractivity contribution in [3.05, 3.63) is 132 Å². The van der Waals surface area contributed by atoms with Gasteiger partial charge in [-0.3, -0.25) is 14.0 Å². The molecule has 4 aromatic heterocycles. The smallest absolute Gasteiger partial charge is 0.407 e. The van der Waals surface area contributed by atoms with Gasteiger partial charge in [0.05, 0.1) is 60.7 Å². The molecule has 9 rings (SSSR count). The molecule has 2 aliphatic rings. The molecule has 3 aromatic carbocycles. The van der Waals surface area contributed by atoms with Crippen molar-refractivity contribution in [2.45, 2.75) is 49.9 Å². The van der Waals surface area contributed by atoms with Crippen LogP contribution >= 0.6 is 11.3 Å². The van der Waals surface area contributed by atoms with Gasteiger partial charge < -0.3 is 39.9 Å². The third-order valence-electron chi connectivity index (χ3n) is 11.5. The highest BCUT2D eigenvalue weighted by molar-refractivity contribution is 7.20. The van der Waals surface area contributed by atoms with Crippen molar-refractivity contribution >= 4 is 40.3 Å². The predicted octanol–water partition coefficient (Wildman–Crippen LogP) is 7.36. The van der Waals surface area contributed by atoms with Crippen LogP contribution in [0.1, 0.15) is 72.6 Å². The third kappa shape index (κ3) is 8.01. The van der Waals surface area contributed by atoms with Crippen LogP contribution in [0.15, 0.2) is 110 Å². The van der Waals surface area contributed by atoms with Crippen LogP contribution in [0, 0.1) is 0 Å². The number of nitrogens with zero attached hydrogens (tertiary/aromatic N) is 6. The number of fused-ring (bicyclic) bond motifs is 1. The average molecular weight is 853 g/mol. The van der Waals surface area contributed by atoms with E-state index in [4.69, 9.17) is 24.4 Å². The van der Waals surface area contributed by atoms with Crippen molar-refractivity contribution in [1.29, 1.82) is 0 Å². The fourth-order valence-electron chi connectivity index (χ4n) is 8.34. The molecular formula is C45H44N10O6S. The number of amides is 4. The minimum Gasteiger partial charge on any atom is -0.453 e. The average Bonchev–Trinajstić information content (AvgIpc) is 4.17. The molecule has 4 atom stereocenters. The first-order valence-electron chi connectivity index (χ1n) is 20.4. The van der Waals surface area contributed by atoms with E-state index in [-0.39, 0.29) is 23.9 Å². The summed E-state index contributed by atoms with van der Waals surface area (Å²) in [6.45, 7) is 1.09. The second kappa shape index (κ2) is 17.4. The van der Waals surface area contributed by atoms with Gasteiger partial charge >= 0.3 is 12.2 Å². The van der Waals surface area contributed by atoms with Crippen LogP contribution in [0.25, 0.3) is 38.0 Å². The van der Waals surface area contributed by atoms with Gasteiger partial charge in [0, 0.05) is 31.0 Å². The fourth-order valence-corrected chi connectivity index (χ4v) is 9.28. The van der Waals surface area contributed by atoms with Crippen LogP contribution in [0.5, 0.6) is 0 Å². The van der Waals surface area contributed by atoms with E-state index < -0.39 is 24.3 Å². The van der Waals surface area contributed by atoms with Crippen molar-refractivity contribution in [2.24, 2.45) is 0 Å². The molecule has 0 saturated carbocycles. The molecule has 16 nitrogen and oxygen atoms in total. The fraction of sp³-hybridized carbons (Fsp3) is 0.267. The van der Waals surface area contributed by atoms with Gasteiger partial charge in [0.25, 0.3) is 11.8 Å². The summed E-state index contributed by atoms with van der Waals surface area (Å²) in [5, 5.41) is 5.42. The number of alkyl carbamates (subject to hydrolysis) is 2. The summed E-state index contributed by atoms with van der Waals surface area (Å²) in [5.74, 6) is 0.931. The van der Waals surface area contributed by atoms with E-state index in [9.17, 15) is 19.2 Å². The van der Waals surface area contributed by atoms with Gasteiger partial charge in [-0.25, -0.2) is 24.5 Å². The number of likely N-dealkylation sites (tertiary alicyclic amines) is 2. The summed E-state index contributed by atoms with van der Waals surface area (Å²) in [5.41, 5.74) is 5.71. The summed E-state index contributed by atoms with van der Waals surface area (Å²) < 4.78 is 11.7. The summed E-state index contributed by atoms with van der Waals surface area (Å²) >= 11 is 1.53. The number of ether oxygens (including phenoxy) is 2. The Morgan fingerprint density at radius 3 is 1.69 bits per heavy atom. The van der Waals surface area contributed by atoms with E-state index >= 15 is 0 Å². The Kier molecular flexibility index (Phi) is 11.3. The molecule has 7 aromatic rings. The maximum Gasteiger partial charge on any atom is 0.407 e. The van der Waals surface area contributed by atoms with E-state index in [0.29, 0.717) is 35.9 Å². The van der Waals surface area contributed by atoms with Crippen LogP contribution in [0.4, 0.5) is 9.59 Å². The number of aromatic amines is 2. The largest absolute Gasteiger partial charge is 0.453 e. The van der Waals surface area contributed by atoms with Crippen LogP contribution < -0.4 is 10.6 Å². The molecule has 4 N–H and O–H groups in total. The van der Waals surface area contributed by atoms with E-state index in [0.717, 1.165) is 63.7 Å². The zero-order valence-corrected chi connectivity index (χ0v) is 34.8. The van der Waals surface area contributed by atoms with Gasteiger partial charge in [-0.1, -0.05) is 96.3 Å². The van der Waals surface area contributed by atoms with Gasteiger partial charge in [-0.15, -0.1) is 0 Å². The number of hydrogen-bond donors (Lipinski definition) is 4. The van der Waals surface area contributed by atoms with Gasteiger partial charge in [0.15, 0.2) is 4.96 Å². The van der Waals surface area contributed by atoms with E-state index in [1.54, 1.807) is 22.2 Å². The Morgan fingerprint density at radius 2 is 1.18 bits per heavy atom. The van der Waals surface area contributed by atoms with Crippen molar-refractivity contribution in [3.8, 4) is 33.1 Å². The molecule has 2 saturated heterocycles. The quantitative estimate of drug-likeness (QED) is 0.103. The Balaban J connectivity index is 0.869. The highest BCUT2D eigenvalue weighted by Gasteiger charge is 2.38. The molecule has 0 bridgehead atoms. The molecule has 4 unspecified atom stereocenters. The van der Waals surface area contributed by atoms with Crippen molar-refractivity contribution in [1.82, 2.24) is 49.8 Å². The summed E-state index contributed by atoms with van der Waals surface area (Å²) in [4.78, 5) is 78.9. The number of benzene rings is 3. The molecule has 6 heterocycles. The Labute approximate surface area is 360 Å². The summed E-state index contributed by atoms with van der Waals surface area (Å²) in [6.07, 6.45) is 9.33. The minimum atomic E-state index is -0.891. The van der Waals surface area contributed by atoms with E-state index in [1.165, 1.54) is 25.6 Å². The van der Waals surface area contributed by atoms with Crippen LogP contribution in [-0.4, -0.2) is 90.4 Å². The minimum absolute atomic E-state index is 0.221. The SMILES string of the molecule is COC(=O)NC(C(=O)N1CCCC1c1ncc(-c2ccc(-c3cn4cc(-c5cnc(C6CCCN6C(=O)C(NC(=O)OC)c6ccccc6)[nH]5)sc4n3)cc2)[nH]1)c1ccccc1. The molecule has 2 aliphatic heterocycles. The molecule has 0 radical (unpaired) electrons. The van der Waals surface area contributed by atoms with Crippen LogP contribution in [-0.2, 0) is 19.1 Å². The van der Waals surface area contributed by atoms with Crippen LogP contribution in [0.2, 0.25) is 0 Å². The molecule has 316 valence electrons. The number of rotatable bonds is 11. The topological polar surface area (TPSA) is 192 Å². The monoisotopic (exact) mass is 852 g/mol. The van der Waals surface area contributed by atoms with Crippen molar-refractivity contribution < 1.29 is 28.7 Å². The number of hydrogen-bond acceptors (Lipinski definition) is 10.